The second-order valence-electron chi connectivity index (χ2n) is 4.79. The van der Waals surface area contributed by atoms with E-state index in [2.05, 4.69) is 31.3 Å². The number of nitrogens with one attached hydrogen (secondary N) is 1. The van der Waals surface area contributed by atoms with Gasteiger partial charge in [-0.25, -0.2) is 5.43 Å². The van der Waals surface area contributed by atoms with Crippen molar-refractivity contribution in [2.24, 2.45) is 5.10 Å². The molecule has 0 aromatic rings. The zero-order valence-electron chi connectivity index (χ0n) is 12.4. The Kier molecular flexibility index (Phi) is 12.0. The number of carbonyl (C=O) groups is 1. The zero-order chi connectivity index (χ0) is 13.6. The molecule has 0 heterocycles. The van der Waals surface area contributed by atoms with Gasteiger partial charge in [0, 0.05) is 12.1 Å². The van der Waals surface area contributed by atoms with Crippen molar-refractivity contribution in [3.63, 3.8) is 0 Å². The number of nitrogens with zero attached hydrogens (tertiary/aromatic N) is 1. The molecule has 0 fully saturated rings. The van der Waals surface area contributed by atoms with Crippen LogP contribution in [0, 0.1) is 0 Å². The summed E-state index contributed by atoms with van der Waals surface area (Å²) in [4.78, 5) is 11.5. The number of carbonyl (C=O) groups excluding carboxylic acids is 1. The van der Waals surface area contributed by atoms with Gasteiger partial charge in [-0.2, -0.15) is 5.10 Å². The van der Waals surface area contributed by atoms with Crippen LogP contribution in [0.4, 0.5) is 0 Å². The fraction of sp³-hybridized carbons (Fsp3) is 0.867. The lowest BCUT2D eigenvalue weighted by atomic mass is 10.1. The standard InChI is InChI=1S/C15H30N2O/c1-4-7-8-9-10-11-12-13-15(18)17-16-14(5-2)6-3/h4-13H2,1-3H3,(H,17,18). The largest absolute Gasteiger partial charge is 0.273 e. The third kappa shape index (κ3) is 10.3. The number of rotatable bonds is 11. The molecule has 0 aromatic heterocycles. The summed E-state index contributed by atoms with van der Waals surface area (Å²) in [6.45, 7) is 6.35. The van der Waals surface area contributed by atoms with E-state index in [4.69, 9.17) is 0 Å². The quantitative estimate of drug-likeness (QED) is 0.331. The molecule has 1 amide bonds. The van der Waals surface area contributed by atoms with Crippen LogP contribution in [-0.4, -0.2) is 11.6 Å². The minimum atomic E-state index is 0.0583. The first kappa shape index (κ1) is 17.1. The minimum Gasteiger partial charge on any atom is -0.273 e. The maximum Gasteiger partial charge on any atom is 0.240 e. The molecule has 1 N–H and O–H groups in total. The van der Waals surface area contributed by atoms with Crippen LogP contribution < -0.4 is 5.43 Å². The lowest BCUT2D eigenvalue weighted by Crippen LogP contribution is -2.18. The van der Waals surface area contributed by atoms with Gasteiger partial charge < -0.3 is 0 Å². The van der Waals surface area contributed by atoms with E-state index in [1.54, 1.807) is 0 Å². The van der Waals surface area contributed by atoms with Crippen LogP contribution >= 0.6 is 0 Å². The highest BCUT2D eigenvalue weighted by Crippen LogP contribution is 2.08. The summed E-state index contributed by atoms with van der Waals surface area (Å²) in [5.74, 6) is 0.0583. The van der Waals surface area contributed by atoms with Crippen molar-refractivity contribution >= 4 is 11.6 Å². The van der Waals surface area contributed by atoms with Crippen LogP contribution in [0.2, 0.25) is 0 Å². The van der Waals surface area contributed by atoms with Gasteiger partial charge in [0.2, 0.25) is 5.91 Å². The van der Waals surface area contributed by atoms with Crippen molar-refractivity contribution in [1.29, 1.82) is 0 Å². The fourth-order valence-corrected chi connectivity index (χ4v) is 1.85. The van der Waals surface area contributed by atoms with E-state index in [1.807, 2.05) is 0 Å². The summed E-state index contributed by atoms with van der Waals surface area (Å²) in [7, 11) is 0. The SMILES string of the molecule is CCCCCCCCCC(=O)NN=C(CC)CC. The van der Waals surface area contributed by atoms with Crippen molar-refractivity contribution in [2.45, 2.75) is 85.0 Å². The Bertz CT molecular complexity index is 231. The Morgan fingerprint density at radius 3 is 2.00 bits per heavy atom. The second kappa shape index (κ2) is 12.6. The third-order valence-electron chi connectivity index (χ3n) is 3.16. The van der Waals surface area contributed by atoms with E-state index >= 15 is 0 Å². The first-order valence-electron chi connectivity index (χ1n) is 7.58. The van der Waals surface area contributed by atoms with Gasteiger partial charge in [0.15, 0.2) is 0 Å². The monoisotopic (exact) mass is 254 g/mol. The summed E-state index contributed by atoms with van der Waals surface area (Å²) in [6.07, 6.45) is 11.1. The van der Waals surface area contributed by atoms with Gasteiger partial charge in [-0.05, 0) is 19.3 Å². The molecule has 0 atom stereocenters. The van der Waals surface area contributed by atoms with Gasteiger partial charge >= 0.3 is 0 Å². The Balaban J connectivity index is 3.45. The molecular weight excluding hydrogens is 224 g/mol. The van der Waals surface area contributed by atoms with Crippen LogP contribution in [0.3, 0.4) is 0 Å². The van der Waals surface area contributed by atoms with Crippen LogP contribution in [0.5, 0.6) is 0 Å². The molecule has 0 saturated carbocycles. The van der Waals surface area contributed by atoms with Gasteiger partial charge in [-0.3, -0.25) is 4.79 Å². The van der Waals surface area contributed by atoms with Gasteiger partial charge in [0.25, 0.3) is 0 Å². The number of hydrogen-bond donors (Lipinski definition) is 1. The first-order valence-corrected chi connectivity index (χ1v) is 7.58. The summed E-state index contributed by atoms with van der Waals surface area (Å²) in [5, 5.41) is 4.12. The van der Waals surface area contributed by atoms with E-state index in [0.29, 0.717) is 6.42 Å². The van der Waals surface area contributed by atoms with Crippen molar-refractivity contribution in [2.75, 3.05) is 0 Å². The van der Waals surface area contributed by atoms with E-state index < -0.39 is 0 Å². The fourth-order valence-electron chi connectivity index (χ4n) is 1.85. The van der Waals surface area contributed by atoms with Gasteiger partial charge in [-0.1, -0.05) is 59.3 Å². The van der Waals surface area contributed by atoms with Crippen molar-refractivity contribution < 1.29 is 4.79 Å². The average Bonchev–Trinajstić information content (AvgIpc) is 2.39. The Labute approximate surface area is 112 Å². The predicted molar refractivity (Wildman–Crippen MR) is 78.8 cm³/mol. The molecule has 0 rings (SSSR count). The van der Waals surface area contributed by atoms with Crippen LogP contribution in [0.1, 0.15) is 85.0 Å². The van der Waals surface area contributed by atoms with Crippen LogP contribution in [-0.2, 0) is 4.79 Å². The highest BCUT2D eigenvalue weighted by Gasteiger charge is 2.00. The first-order chi connectivity index (χ1) is 8.74. The van der Waals surface area contributed by atoms with Gasteiger partial charge in [0.1, 0.15) is 0 Å². The number of hydrazone groups is 1. The van der Waals surface area contributed by atoms with Crippen LogP contribution in [0.15, 0.2) is 5.10 Å². The molecule has 0 aliphatic rings. The third-order valence-corrected chi connectivity index (χ3v) is 3.16. The molecule has 0 aliphatic heterocycles. The second-order valence-corrected chi connectivity index (χ2v) is 4.79. The van der Waals surface area contributed by atoms with Crippen molar-refractivity contribution in [3.05, 3.63) is 0 Å². The summed E-state index contributed by atoms with van der Waals surface area (Å²) in [5.41, 5.74) is 3.70. The molecular formula is C15H30N2O. The molecule has 0 aliphatic carbocycles. The maximum atomic E-state index is 11.5. The molecule has 106 valence electrons. The number of hydrogen-bond acceptors (Lipinski definition) is 2. The normalized spacial score (nSPS) is 10.2. The van der Waals surface area contributed by atoms with Crippen molar-refractivity contribution in [3.8, 4) is 0 Å². The predicted octanol–water partition coefficient (Wildman–Crippen LogP) is 4.42. The molecule has 0 radical (unpaired) electrons. The Morgan fingerprint density at radius 1 is 0.889 bits per heavy atom. The summed E-state index contributed by atoms with van der Waals surface area (Å²) < 4.78 is 0. The van der Waals surface area contributed by atoms with Crippen LogP contribution in [0.25, 0.3) is 0 Å². The average molecular weight is 254 g/mol. The molecule has 0 spiro atoms. The highest BCUT2D eigenvalue weighted by atomic mass is 16.2. The zero-order valence-corrected chi connectivity index (χ0v) is 12.4. The summed E-state index contributed by atoms with van der Waals surface area (Å²) >= 11 is 0. The molecule has 0 saturated heterocycles. The molecule has 0 unspecified atom stereocenters. The highest BCUT2D eigenvalue weighted by molar-refractivity contribution is 5.85. The Morgan fingerprint density at radius 2 is 1.44 bits per heavy atom. The van der Waals surface area contributed by atoms with E-state index in [1.165, 1.54) is 32.1 Å². The lowest BCUT2D eigenvalue weighted by Gasteiger charge is -2.03. The van der Waals surface area contributed by atoms with E-state index in [-0.39, 0.29) is 5.91 Å². The van der Waals surface area contributed by atoms with Crippen molar-refractivity contribution in [1.82, 2.24) is 5.43 Å². The van der Waals surface area contributed by atoms with E-state index in [0.717, 1.165) is 31.4 Å². The number of amides is 1. The molecule has 3 nitrogen and oxygen atoms in total. The van der Waals surface area contributed by atoms with E-state index in [9.17, 15) is 4.79 Å². The molecule has 0 aromatic carbocycles. The smallest absolute Gasteiger partial charge is 0.240 e. The molecule has 18 heavy (non-hydrogen) atoms. The summed E-state index contributed by atoms with van der Waals surface area (Å²) in [6, 6.07) is 0. The number of unbranched alkanes of at least 4 members (excludes halogenated alkanes) is 6. The lowest BCUT2D eigenvalue weighted by molar-refractivity contribution is -0.121. The Hall–Kier alpha value is -0.860. The van der Waals surface area contributed by atoms with Gasteiger partial charge in [-0.15, -0.1) is 0 Å². The maximum absolute atomic E-state index is 11.5. The van der Waals surface area contributed by atoms with Gasteiger partial charge in [0.05, 0.1) is 0 Å². The topological polar surface area (TPSA) is 41.5 Å². The molecule has 3 heteroatoms. The minimum absolute atomic E-state index is 0.0583. The molecule has 0 bridgehead atoms.